The van der Waals surface area contributed by atoms with Gasteiger partial charge in [0.25, 0.3) is 5.56 Å². The zero-order chi connectivity index (χ0) is 21.1. The fraction of sp³-hybridized carbons (Fsp3) is 0.294. The van der Waals surface area contributed by atoms with E-state index < -0.39 is 45.8 Å². The van der Waals surface area contributed by atoms with Gasteiger partial charge in [-0.25, -0.2) is 8.42 Å². The van der Waals surface area contributed by atoms with Crippen LogP contribution in [0.1, 0.15) is 24.1 Å². The van der Waals surface area contributed by atoms with Crippen molar-refractivity contribution in [2.75, 3.05) is 11.0 Å². The predicted molar refractivity (Wildman–Crippen MR) is 97.2 cm³/mol. The summed E-state index contributed by atoms with van der Waals surface area (Å²) in [6.07, 6.45) is -3.05. The Hall–Kier alpha value is -2.82. The molecule has 7 nitrogen and oxygen atoms in total. The zero-order valence-electron chi connectivity index (χ0n) is 14.9. The van der Waals surface area contributed by atoms with Gasteiger partial charge in [0, 0.05) is 18.0 Å². The topological polar surface area (TPSA) is 97.3 Å². The Balaban J connectivity index is 2.12. The van der Waals surface area contributed by atoms with E-state index in [4.69, 9.17) is 0 Å². The highest BCUT2D eigenvalue weighted by atomic mass is 32.2. The van der Waals surface area contributed by atoms with Crippen molar-refractivity contribution in [3.05, 3.63) is 64.1 Å². The maximum atomic E-state index is 12.8. The molecule has 2 N–H and O–H groups in total. The molecule has 2 aromatic rings. The molecule has 1 amide bonds. The quantitative estimate of drug-likeness (QED) is 0.752. The summed E-state index contributed by atoms with van der Waals surface area (Å²) in [5.74, 6) is -0.671. The number of halogens is 3. The second-order valence-electron chi connectivity index (χ2n) is 6.17. The molecule has 2 rings (SSSR count). The summed E-state index contributed by atoms with van der Waals surface area (Å²) in [5.41, 5.74) is -0.906. The zero-order valence-corrected chi connectivity index (χ0v) is 15.8. The number of amides is 1. The second kappa shape index (κ2) is 8.05. The van der Waals surface area contributed by atoms with Crippen molar-refractivity contribution < 1.29 is 26.4 Å². The number of carbonyl (C=O) groups excluding carboxylic acids is 1. The molecule has 1 aromatic heterocycles. The maximum Gasteiger partial charge on any atom is 0.417 e. The number of rotatable bonds is 6. The Kier molecular flexibility index (Phi) is 6.17. The highest BCUT2D eigenvalue weighted by molar-refractivity contribution is 7.92. The van der Waals surface area contributed by atoms with Crippen molar-refractivity contribution in [2.24, 2.45) is 0 Å². The molecule has 0 aliphatic heterocycles. The molecule has 0 saturated heterocycles. The van der Waals surface area contributed by atoms with E-state index in [0.717, 1.165) is 12.3 Å². The average Bonchev–Trinajstić information content (AvgIpc) is 2.54. The number of hydrogen-bond acceptors (Lipinski definition) is 4. The number of hydrogen-bond donors (Lipinski definition) is 2. The smallest absolute Gasteiger partial charge is 0.348 e. The molecule has 152 valence electrons. The first-order valence-electron chi connectivity index (χ1n) is 8.00. The third-order valence-electron chi connectivity index (χ3n) is 3.69. The molecule has 0 fully saturated rings. The van der Waals surface area contributed by atoms with E-state index in [2.05, 4.69) is 10.0 Å². The second-order valence-corrected chi connectivity index (χ2v) is 7.92. The largest absolute Gasteiger partial charge is 0.417 e. The van der Waals surface area contributed by atoms with Crippen LogP contribution in [0.4, 0.5) is 18.9 Å². The van der Waals surface area contributed by atoms with E-state index in [9.17, 15) is 31.2 Å². The number of benzene rings is 1. The number of sulfonamides is 1. The highest BCUT2D eigenvalue weighted by Crippen LogP contribution is 2.28. The van der Waals surface area contributed by atoms with Gasteiger partial charge in [0.15, 0.2) is 0 Å². The summed E-state index contributed by atoms with van der Waals surface area (Å²) in [6.45, 7) is 1.03. The monoisotopic (exact) mass is 417 g/mol. The van der Waals surface area contributed by atoms with Gasteiger partial charge in [0.05, 0.1) is 17.9 Å². The number of aromatic nitrogens is 1. The van der Waals surface area contributed by atoms with Crippen molar-refractivity contribution in [3.8, 4) is 0 Å². The molecule has 1 heterocycles. The van der Waals surface area contributed by atoms with Crippen LogP contribution in [0, 0.1) is 0 Å². The van der Waals surface area contributed by atoms with Crippen molar-refractivity contribution in [2.45, 2.75) is 25.7 Å². The van der Waals surface area contributed by atoms with Crippen LogP contribution in [0.5, 0.6) is 0 Å². The molecule has 0 radical (unpaired) electrons. The Morgan fingerprint density at radius 1 is 1.21 bits per heavy atom. The number of pyridine rings is 1. The average molecular weight is 417 g/mol. The van der Waals surface area contributed by atoms with Crippen LogP contribution in [0.3, 0.4) is 0 Å². The first-order valence-corrected chi connectivity index (χ1v) is 9.89. The van der Waals surface area contributed by atoms with Crippen molar-refractivity contribution in [1.82, 2.24) is 9.88 Å². The minimum atomic E-state index is -4.63. The summed E-state index contributed by atoms with van der Waals surface area (Å²) < 4.78 is 63.9. The van der Waals surface area contributed by atoms with Crippen LogP contribution < -0.4 is 15.6 Å². The van der Waals surface area contributed by atoms with Crippen LogP contribution in [0.15, 0.2) is 47.4 Å². The standard InChI is InChI=1S/C17H18F3N3O4S/c1-11(12-4-3-5-14(8-12)22-28(2,26)27)21-15(24)10-23-9-13(17(18,19)20)6-7-16(23)25/h3-9,11,22H,10H2,1-2H3,(H,21,24). The SMILES string of the molecule is CC(NC(=O)Cn1cc(C(F)(F)F)ccc1=O)c1cccc(NS(C)(=O)=O)c1. The minimum absolute atomic E-state index is 0.301. The highest BCUT2D eigenvalue weighted by Gasteiger charge is 2.31. The molecule has 1 aromatic carbocycles. The van der Waals surface area contributed by atoms with Crippen molar-refractivity contribution in [3.63, 3.8) is 0 Å². The Morgan fingerprint density at radius 3 is 2.50 bits per heavy atom. The molecule has 0 saturated carbocycles. The molecular weight excluding hydrogens is 399 g/mol. The lowest BCUT2D eigenvalue weighted by atomic mass is 10.1. The molecule has 0 aliphatic rings. The third-order valence-corrected chi connectivity index (χ3v) is 4.30. The van der Waals surface area contributed by atoms with E-state index in [1.807, 2.05) is 0 Å². The Bertz CT molecular complexity index is 1030. The van der Waals surface area contributed by atoms with Crippen LogP contribution in [0.2, 0.25) is 0 Å². The lowest BCUT2D eigenvalue weighted by Gasteiger charge is -2.16. The van der Waals surface area contributed by atoms with Crippen LogP contribution in [-0.4, -0.2) is 25.1 Å². The molecule has 1 atom stereocenters. The number of nitrogens with one attached hydrogen (secondary N) is 2. The molecule has 11 heteroatoms. The van der Waals surface area contributed by atoms with Gasteiger partial charge in [-0.15, -0.1) is 0 Å². The van der Waals surface area contributed by atoms with Crippen molar-refractivity contribution in [1.29, 1.82) is 0 Å². The van der Waals surface area contributed by atoms with E-state index >= 15 is 0 Å². The first kappa shape index (κ1) is 21.5. The molecule has 0 aliphatic carbocycles. The summed E-state index contributed by atoms with van der Waals surface area (Å²) in [6, 6.07) is 7.11. The van der Waals surface area contributed by atoms with Gasteiger partial charge in [-0.05, 0) is 30.7 Å². The van der Waals surface area contributed by atoms with E-state index in [1.54, 1.807) is 19.1 Å². The predicted octanol–water partition coefficient (Wildman–Crippen LogP) is 2.12. The fourth-order valence-corrected chi connectivity index (χ4v) is 2.99. The number of anilines is 1. The molecule has 0 spiro atoms. The van der Waals surface area contributed by atoms with Gasteiger partial charge < -0.3 is 9.88 Å². The third kappa shape index (κ3) is 6.12. The Labute approximate surface area is 159 Å². The van der Waals surface area contributed by atoms with Crippen molar-refractivity contribution >= 4 is 21.6 Å². The molecule has 28 heavy (non-hydrogen) atoms. The van der Waals surface area contributed by atoms with E-state index in [0.29, 0.717) is 28.1 Å². The fourth-order valence-electron chi connectivity index (χ4n) is 2.43. The van der Waals surface area contributed by atoms with Crippen LogP contribution in [0.25, 0.3) is 0 Å². The van der Waals surface area contributed by atoms with Gasteiger partial charge >= 0.3 is 6.18 Å². The summed E-state index contributed by atoms with van der Waals surface area (Å²) in [4.78, 5) is 23.9. The van der Waals surface area contributed by atoms with E-state index in [-0.39, 0.29) is 0 Å². The van der Waals surface area contributed by atoms with Gasteiger partial charge in [0.2, 0.25) is 15.9 Å². The lowest BCUT2D eigenvalue weighted by Crippen LogP contribution is -2.34. The maximum absolute atomic E-state index is 12.8. The number of nitrogens with zero attached hydrogens (tertiary/aromatic N) is 1. The summed E-state index contributed by atoms with van der Waals surface area (Å²) >= 11 is 0. The normalized spacial score (nSPS) is 13.0. The molecule has 0 bridgehead atoms. The summed E-state index contributed by atoms with van der Waals surface area (Å²) in [7, 11) is -3.47. The first-order chi connectivity index (χ1) is 12.8. The van der Waals surface area contributed by atoms with Gasteiger partial charge in [-0.1, -0.05) is 12.1 Å². The van der Waals surface area contributed by atoms with E-state index in [1.165, 1.54) is 12.1 Å². The van der Waals surface area contributed by atoms with Gasteiger partial charge in [0.1, 0.15) is 6.54 Å². The molecule has 1 unspecified atom stereocenters. The molecular formula is C17H18F3N3O4S. The van der Waals surface area contributed by atoms with Gasteiger partial charge in [-0.2, -0.15) is 13.2 Å². The van der Waals surface area contributed by atoms with Gasteiger partial charge in [-0.3, -0.25) is 14.3 Å². The Morgan fingerprint density at radius 2 is 1.89 bits per heavy atom. The number of alkyl halides is 3. The minimum Gasteiger partial charge on any atom is -0.348 e. The lowest BCUT2D eigenvalue weighted by molar-refractivity contribution is -0.138. The van der Waals surface area contributed by atoms with Crippen LogP contribution in [-0.2, 0) is 27.5 Å². The summed E-state index contributed by atoms with van der Waals surface area (Å²) in [5, 5.41) is 2.56. The number of carbonyl (C=O) groups is 1. The van der Waals surface area contributed by atoms with Crippen LogP contribution >= 0.6 is 0 Å².